The van der Waals surface area contributed by atoms with Gasteiger partial charge in [0.05, 0.1) is 13.7 Å². The molecule has 1 unspecified atom stereocenters. The molecule has 1 aliphatic heterocycles. The average Bonchev–Trinajstić information content (AvgIpc) is 2.99. The Balaban J connectivity index is 1.26. The fourth-order valence-electron chi connectivity index (χ4n) is 5.39. The van der Waals surface area contributed by atoms with Crippen molar-refractivity contribution in [3.63, 3.8) is 0 Å². The molecule has 1 amide bonds. The molecule has 1 atom stereocenters. The number of methoxy groups -OCH3 is 1. The van der Waals surface area contributed by atoms with Crippen LogP contribution in [0.2, 0.25) is 0 Å². The molecule has 10 heteroatoms. The van der Waals surface area contributed by atoms with Crippen molar-refractivity contribution in [1.82, 2.24) is 14.9 Å². The zero-order chi connectivity index (χ0) is 31.2. The first-order chi connectivity index (χ1) is 21.2. The van der Waals surface area contributed by atoms with Crippen LogP contribution in [0.15, 0.2) is 60.8 Å². The topological polar surface area (TPSA) is 97.8 Å². The summed E-state index contributed by atoms with van der Waals surface area (Å²) in [6.07, 6.45) is 2.93. The van der Waals surface area contributed by atoms with Crippen LogP contribution in [-0.2, 0) is 0 Å². The van der Waals surface area contributed by atoms with Crippen LogP contribution in [0, 0.1) is 32.5 Å². The molecule has 0 spiro atoms. The summed E-state index contributed by atoms with van der Waals surface area (Å²) >= 11 is 0. The highest BCUT2D eigenvalue weighted by Gasteiger charge is 2.21. The molecular formula is C34H38FN5O4. The molecule has 5 rings (SSSR count). The molecule has 44 heavy (non-hydrogen) atoms. The van der Waals surface area contributed by atoms with E-state index in [0.717, 1.165) is 53.7 Å². The molecule has 2 heterocycles. The van der Waals surface area contributed by atoms with Crippen LogP contribution < -0.4 is 24.8 Å². The Bertz CT molecular complexity index is 1650. The van der Waals surface area contributed by atoms with Crippen LogP contribution in [0.1, 0.15) is 29.5 Å². The first kappa shape index (κ1) is 30.7. The maximum Gasteiger partial charge on any atom is 0.418 e. The monoisotopic (exact) mass is 599 g/mol. The molecular weight excluding hydrogens is 561 g/mol. The molecule has 1 aliphatic rings. The highest BCUT2D eigenvalue weighted by Crippen LogP contribution is 2.41. The van der Waals surface area contributed by atoms with Gasteiger partial charge in [0.25, 0.3) is 0 Å². The number of carbonyl (C=O) groups is 1. The van der Waals surface area contributed by atoms with E-state index in [4.69, 9.17) is 14.2 Å². The maximum atomic E-state index is 14.8. The lowest BCUT2D eigenvalue weighted by atomic mass is 9.95. The number of amides is 1. The van der Waals surface area contributed by atoms with E-state index >= 15 is 0 Å². The number of hydrogen-bond acceptors (Lipinski definition) is 8. The zero-order valence-corrected chi connectivity index (χ0v) is 25.7. The minimum Gasteiger partial charge on any atom is -0.493 e. The number of hydrogen-bond donors (Lipinski definition) is 2. The molecule has 230 valence electrons. The number of nitrogens with zero attached hydrogens (tertiary/aromatic N) is 3. The average molecular weight is 600 g/mol. The van der Waals surface area contributed by atoms with E-state index in [2.05, 4.69) is 32.5 Å². The fraction of sp³-hybridized carbons (Fsp3) is 0.324. The van der Waals surface area contributed by atoms with Crippen LogP contribution in [0.5, 0.6) is 17.2 Å². The number of halogens is 1. The summed E-state index contributed by atoms with van der Waals surface area (Å²) in [6, 6.07) is 15.9. The van der Waals surface area contributed by atoms with E-state index < -0.39 is 11.9 Å². The Labute approximate surface area is 257 Å². The number of carbonyl (C=O) groups excluding carboxylic acids is 1. The van der Waals surface area contributed by atoms with Crippen LogP contribution in [0.3, 0.4) is 0 Å². The number of benzene rings is 3. The van der Waals surface area contributed by atoms with E-state index in [1.54, 1.807) is 12.1 Å². The number of rotatable bonds is 9. The number of nitrogens with one attached hydrogen (secondary N) is 2. The van der Waals surface area contributed by atoms with Gasteiger partial charge in [-0.2, -0.15) is 4.98 Å². The van der Waals surface area contributed by atoms with Crippen LogP contribution in [0.25, 0.3) is 11.1 Å². The van der Waals surface area contributed by atoms with E-state index in [9.17, 15) is 9.18 Å². The Morgan fingerprint density at radius 1 is 1.07 bits per heavy atom. The van der Waals surface area contributed by atoms with Gasteiger partial charge in [0.2, 0.25) is 5.95 Å². The normalized spacial score (nSPS) is 15.0. The number of aromatic nitrogens is 2. The molecule has 1 saturated heterocycles. The van der Waals surface area contributed by atoms with Crippen LogP contribution in [-0.4, -0.2) is 54.8 Å². The fourth-order valence-corrected chi connectivity index (χ4v) is 5.39. The van der Waals surface area contributed by atoms with Crippen molar-refractivity contribution in [1.29, 1.82) is 0 Å². The lowest BCUT2D eigenvalue weighted by molar-refractivity contribution is 0.147. The number of likely N-dealkylation sites (tertiary alicyclic amines) is 1. The standard InChI is InChI=1S/C34H38FN5O4/c1-21-16-27(26-10-6-8-22(2)23(26)3)32(30(17-21)42-5)44-34(41)39-31-13-14-36-33(38-31)37-25-11-12-29(28(35)18-25)43-20-24-9-7-15-40(4)19-24/h6,8,10-14,16-18,24H,7,9,15,19-20H2,1-5H3,(H2,36,37,38,39,41). The van der Waals surface area contributed by atoms with E-state index in [1.807, 2.05) is 51.1 Å². The number of ether oxygens (including phenoxy) is 3. The number of aryl methyl sites for hydroxylation is 2. The Kier molecular flexibility index (Phi) is 9.59. The third-order valence-corrected chi connectivity index (χ3v) is 7.78. The van der Waals surface area contributed by atoms with Crippen molar-refractivity contribution in [3.05, 3.63) is 83.3 Å². The van der Waals surface area contributed by atoms with Crippen molar-refractivity contribution < 1.29 is 23.4 Å². The largest absolute Gasteiger partial charge is 0.493 e. The second kappa shape index (κ2) is 13.7. The molecule has 0 aliphatic carbocycles. The van der Waals surface area contributed by atoms with Gasteiger partial charge in [0.1, 0.15) is 5.82 Å². The summed E-state index contributed by atoms with van der Waals surface area (Å²) in [4.78, 5) is 23.9. The van der Waals surface area contributed by atoms with Crippen molar-refractivity contribution in [2.75, 3.05) is 44.5 Å². The van der Waals surface area contributed by atoms with Gasteiger partial charge >= 0.3 is 6.09 Å². The van der Waals surface area contributed by atoms with Gasteiger partial charge in [-0.3, -0.25) is 5.32 Å². The molecule has 1 fully saturated rings. The van der Waals surface area contributed by atoms with Crippen LogP contribution >= 0.6 is 0 Å². The summed E-state index contributed by atoms with van der Waals surface area (Å²) in [7, 11) is 3.62. The van der Waals surface area contributed by atoms with Gasteiger partial charge in [-0.15, -0.1) is 0 Å². The molecule has 0 bridgehead atoms. The second-order valence-corrected chi connectivity index (χ2v) is 11.2. The van der Waals surface area contributed by atoms with Crippen molar-refractivity contribution in [2.45, 2.75) is 33.6 Å². The maximum absolute atomic E-state index is 14.8. The summed E-state index contributed by atoms with van der Waals surface area (Å²) in [5.74, 6) is 1.20. The summed E-state index contributed by atoms with van der Waals surface area (Å²) in [5, 5.41) is 5.63. The van der Waals surface area contributed by atoms with E-state index in [-0.39, 0.29) is 17.5 Å². The summed E-state index contributed by atoms with van der Waals surface area (Å²) < 4.78 is 32.0. The van der Waals surface area contributed by atoms with Crippen molar-refractivity contribution in [2.24, 2.45) is 5.92 Å². The second-order valence-electron chi connectivity index (χ2n) is 11.2. The van der Waals surface area contributed by atoms with Crippen molar-refractivity contribution in [3.8, 4) is 28.4 Å². The summed E-state index contributed by atoms with van der Waals surface area (Å²) in [6.45, 7) is 8.53. The Hall–Kier alpha value is -4.70. The highest BCUT2D eigenvalue weighted by molar-refractivity contribution is 5.88. The molecule has 3 aromatic carbocycles. The number of piperidine rings is 1. The van der Waals surface area contributed by atoms with Gasteiger partial charge in [-0.05, 0) is 99.8 Å². The van der Waals surface area contributed by atoms with Gasteiger partial charge in [-0.1, -0.05) is 18.2 Å². The van der Waals surface area contributed by atoms with Gasteiger partial charge in [0.15, 0.2) is 23.1 Å². The first-order valence-electron chi connectivity index (χ1n) is 14.6. The molecule has 9 nitrogen and oxygen atoms in total. The first-order valence-corrected chi connectivity index (χ1v) is 14.6. The lowest BCUT2D eigenvalue weighted by Gasteiger charge is -2.29. The molecule has 1 aromatic heterocycles. The van der Waals surface area contributed by atoms with Gasteiger partial charge < -0.3 is 24.4 Å². The lowest BCUT2D eigenvalue weighted by Crippen LogP contribution is -2.34. The van der Waals surface area contributed by atoms with Gasteiger partial charge in [0, 0.05) is 36.0 Å². The van der Waals surface area contributed by atoms with E-state index in [0.29, 0.717) is 29.7 Å². The smallest absolute Gasteiger partial charge is 0.418 e. The third kappa shape index (κ3) is 7.44. The SMILES string of the molecule is COc1cc(C)cc(-c2cccc(C)c2C)c1OC(=O)Nc1ccnc(Nc2ccc(OCC3CCCN(C)C3)c(F)c2)n1. The van der Waals surface area contributed by atoms with Crippen molar-refractivity contribution >= 4 is 23.5 Å². The minimum absolute atomic E-state index is 0.171. The predicted octanol–water partition coefficient (Wildman–Crippen LogP) is 7.29. The number of anilines is 3. The quantitative estimate of drug-likeness (QED) is 0.207. The van der Waals surface area contributed by atoms with Gasteiger partial charge in [-0.25, -0.2) is 14.2 Å². The molecule has 0 saturated carbocycles. The molecule has 4 aromatic rings. The molecule has 2 N–H and O–H groups in total. The predicted molar refractivity (Wildman–Crippen MR) is 170 cm³/mol. The Morgan fingerprint density at radius 3 is 2.68 bits per heavy atom. The molecule has 0 radical (unpaired) electrons. The summed E-state index contributed by atoms with van der Waals surface area (Å²) in [5.41, 5.74) is 5.27. The minimum atomic E-state index is -0.750. The van der Waals surface area contributed by atoms with Crippen LogP contribution in [0.4, 0.5) is 26.6 Å². The third-order valence-electron chi connectivity index (χ3n) is 7.78. The van der Waals surface area contributed by atoms with E-state index in [1.165, 1.54) is 25.4 Å². The highest BCUT2D eigenvalue weighted by atomic mass is 19.1. The Morgan fingerprint density at radius 2 is 1.91 bits per heavy atom. The zero-order valence-electron chi connectivity index (χ0n) is 25.7.